The van der Waals surface area contributed by atoms with Gasteiger partial charge in [-0.1, -0.05) is 6.92 Å². The fourth-order valence-corrected chi connectivity index (χ4v) is 3.47. The van der Waals surface area contributed by atoms with E-state index in [2.05, 4.69) is 0 Å². The molecule has 2 aromatic carbocycles. The van der Waals surface area contributed by atoms with Gasteiger partial charge in [0.1, 0.15) is 11.6 Å². The smallest absolute Gasteiger partial charge is 0.321 e. The predicted octanol–water partition coefficient (Wildman–Crippen LogP) is 4.49. The fourth-order valence-electron chi connectivity index (χ4n) is 2.77. The number of fused-ring (bicyclic) bond motifs is 1. The van der Waals surface area contributed by atoms with Crippen molar-refractivity contribution in [2.24, 2.45) is 0 Å². The molecule has 1 aliphatic rings. The van der Waals surface area contributed by atoms with E-state index in [0.717, 1.165) is 23.9 Å². The van der Waals surface area contributed by atoms with Crippen molar-refractivity contribution in [2.75, 3.05) is 5.75 Å². The highest BCUT2D eigenvalue weighted by atomic mass is 32.2. The van der Waals surface area contributed by atoms with Gasteiger partial charge in [-0.25, -0.2) is 13.2 Å². The Balaban J connectivity index is 1.72. The summed E-state index contributed by atoms with van der Waals surface area (Å²) in [5.41, 5.74) is 0.377. The van der Waals surface area contributed by atoms with Crippen LogP contribution >= 0.6 is 11.8 Å². The van der Waals surface area contributed by atoms with Gasteiger partial charge >= 0.3 is 5.97 Å². The summed E-state index contributed by atoms with van der Waals surface area (Å²) in [6.45, 7) is 1.73. The Kier molecular flexibility index (Phi) is 4.85. The molecule has 7 heteroatoms. The second-order valence-corrected chi connectivity index (χ2v) is 6.75. The molecule has 0 heterocycles. The zero-order chi connectivity index (χ0) is 18.1. The van der Waals surface area contributed by atoms with Crippen LogP contribution in [-0.4, -0.2) is 17.5 Å². The van der Waals surface area contributed by atoms with Crippen LogP contribution in [0.2, 0.25) is 0 Å². The van der Waals surface area contributed by atoms with Crippen molar-refractivity contribution in [1.82, 2.24) is 0 Å². The summed E-state index contributed by atoms with van der Waals surface area (Å²) >= 11 is 0.968. The topological polar surface area (TPSA) is 43.4 Å². The number of rotatable bonds is 4. The second-order valence-electron chi connectivity index (χ2n) is 5.70. The quantitative estimate of drug-likeness (QED) is 0.454. The minimum absolute atomic E-state index is 0.0293. The van der Waals surface area contributed by atoms with Gasteiger partial charge in [-0.3, -0.25) is 9.59 Å². The molecule has 0 amide bonds. The molecule has 0 N–H and O–H groups in total. The molecule has 0 aromatic heterocycles. The molecule has 0 spiro atoms. The van der Waals surface area contributed by atoms with Crippen molar-refractivity contribution in [3.05, 3.63) is 58.9 Å². The van der Waals surface area contributed by atoms with Crippen LogP contribution in [0.1, 0.15) is 35.2 Å². The van der Waals surface area contributed by atoms with E-state index in [9.17, 15) is 22.8 Å². The molecule has 0 saturated heterocycles. The van der Waals surface area contributed by atoms with Crippen LogP contribution in [0.5, 0.6) is 5.75 Å². The lowest BCUT2D eigenvalue weighted by Crippen LogP contribution is -2.13. The van der Waals surface area contributed by atoms with E-state index < -0.39 is 23.4 Å². The third-order valence-electron chi connectivity index (χ3n) is 3.89. The number of esters is 1. The maximum absolute atomic E-state index is 13.9. The third-order valence-corrected chi connectivity index (χ3v) is 4.86. The maximum atomic E-state index is 13.9. The highest BCUT2D eigenvalue weighted by Gasteiger charge is 2.33. The van der Waals surface area contributed by atoms with Crippen LogP contribution in [0.4, 0.5) is 13.2 Å². The lowest BCUT2D eigenvalue weighted by atomic mass is 10.0. The molecular formula is C18H13F3O3S. The van der Waals surface area contributed by atoms with E-state index in [1.54, 1.807) is 6.92 Å². The van der Waals surface area contributed by atoms with Crippen LogP contribution < -0.4 is 4.74 Å². The van der Waals surface area contributed by atoms with Gasteiger partial charge in [0, 0.05) is 16.9 Å². The first-order valence-electron chi connectivity index (χ1n) is 7.51. The Morgan fingerprint density at radius 3 is 2.60 bits per heavy atom. The normalized spacial score (nSPS) is 16.0. The van der Waals surface area contributed by atoms with Crippen LogP contribution in [0.25, 0.3) is 0 Å². The van der Waals surface area contributed by atoms with Gasteiger partial charge in [-0.15, -0.1) is 11.8 Å². The molecule has 3 rings (SSSR count). The van der Waals surface area contributed by atoms with Crippen molar-refractivity contribution < 1.29 is 27.5 Å². The van der Waals surface area contributed by atoms with Gasteiger partial charge in [0.25, 0.3) is 0 Å². The Morgan fingerprint density at radius 2 is 1.88 bits per heavy atom. The summed E-state index contributed by atoms with van der Waals surface area (Å²) in [7, 11) is 0. The SMILES string of the molecule is CC1CC(=O)c2c(OC(=O)CSc3ccc(F)c(F)c3)ccc(F)c21. The maximum Gasteiger partial charge on any atom is 0.321 e. The average molecular weight is 366 g/mol. The molecule has 2 aromatic rings. The van der Waals surface area contributed by atoms with Crippen LogP contribution in [0.3, 0.4) is 0 Å². The molecule has 3 nitrogen and oxygen atoms in total. The summed E-state index contributed by atoms with van der Waals surface area (Å²) in [5.74, 6) is -3.81. The van der Waals surface area contributed by atoms with Crippen molar-refractivity contribution in [3.8, 4) is 5.75 Å². The van der Waals surface area contributed by atoms with Gasteiger partial charge in [-0.2, -0.15) is 0 Å². The molecule has 1 unspecified atom stereocenters. The van der Waals surface area contributed by atoms with Gasteiger partial charge in [-0.05, 0) is 36.2 Å². The van der Waals surface area contributed by atoms with E-state index in [1.165, 1.54) is 18.2 Å². The monoisotopic (exact) mass is 366 g/mol. The second kappa shape index (κ2) is 6.92. The lowest BCUT2D eigenvalue weighted by molar-refractivity contribution is -0.131. The van der Waals surface area contributed by atoms with Crippen molar-refractivity contribution in [3.63, 3.8) is 0 Å². The van der Waals surface area contributed by atoms with Gasteiger partial charge < -0.3 is 4.74 Å². The molecule has 0 radical (unpaired) electrons. The van der Waals surface area contributed by atoms with E-state index in [1.807, 2.05) is 0 Å². The van der Waals surface area contributed by atoms with Gasteiger partial charge in [0.15, 0.2) is 17.4 Å². The number of ketones is 1. The predicted molar refractivity (Wildman–Crippen MR) is 86.5 cm³/mol. The molecule has 0 fully saturated rings. The Bertz CT molecular complexity index is 867. The van der Waals surface area contributed by atoms with E-state index in [0.29, 0.717) is 4.90 Å². The first-order valence-corrected chi connectivity index (χ1v) is 8.49. The number of Topliss-reactive ketones (excluding diaryl/α,β-unsaturated/α-hetero) is 1. The van der Waals surface area contributed by atoms with Crippen LogP contribution in [-0.2, 0) is 4.79 Å². The molecule has 1 aliphatic carbocycles. The first kappa shape index (κ1) is 17.5. The third kappa shape index (κ3) is 3.56. The van der Waals surface area contributed by atoms with E-state index >= 15 is 0 Å². The van der Waals surface area contributed by atoms with Gasteiger partial charge in [0.2, 0.25) is 0 Å². The minimum atomic E-state index is -1.01. The van der Waals surface area contributed by atoms with Crippen LogP contribution in [0.15, 0.2) is 35.2 Å². The van der Waals surface area contributed by atoms with Crippen molar-refractivity contribution >= 4 is 23.5 Å². The molecule has 1 atom stereocenters. The number of ether oxygens (including phenoxy) is 1. The zero-order valence-electron chi connectivity index (χ0n) is 13.1. The number of benzene rings is 2. The molecule has 25 heavy (non-hydrogen) atoms. The molecular weight excluding hydrogens is 353 g/mol. The van der Waals surface area contributed by atoms with Gasteiger partial charge in [0.05, 0.1) is 11.3 Å². The lowest BCUT2D eigenvalue weighted by Gasteiger charge is -2.10. The first-order chi connectivity index (χ1) is 11.9. The number of halogens is 3. The molecule has 0 bridgehead atoms. The summed E-state index contributed by atoms with van der Waals surface area (Å²) in [6, 6.07) is 5.71. The average Bonchev–Trinajstić information content (AvgIpc) is 2.87. The summed E-state index contributed by atoms with van der Waals surface area (Å²) in [4.78, 5) is 24.4. The molecule has 130 valence electrons. The minimum Gasteiger partial charge on any atom is -0.425 e. The summed E-state index contributed by atoms with van der Waals surface area (Å²) in [5, 5.41) is 0. The number of hydrogen-bond donors (Lipinski definition) is 0. The Labute approximate surface area is 146 Å². The standard InChI is InChI=1S/C18H13F3O3S/c1-9-6-14(22)18-15(5-4-12(20)17(9)18)24-16(23)8-25-10-2-3-11(19)13(21)7-10/h2-5,7,9H,6,8H2,1H3. The highest BCUT2D eigenvalue weighted by molar-refractivity contribution is 8.00. The Hall–Kier alpha value is -2.28. The zero-order valence-corrected chi connectivity index (χ0v) is 14.0. The van der Waals surface area contributed by atoms with E-state index in [-0.39, 0.29) is 40.8 Å². The van der Waals surface area contributed by atoms with Crippen LogP contribution in [0, 0.1) is 17.5 Å². The Morgan fingerprint density at radius 1 is 1.16 bits per heavy atom. The fraction of sp³-hybridized carbons (Fsp3) is 0.222. The van der Waals surface area contributed by atoms with Crippen molar-refractivity contribution in [1.29, 1.82) is 0 Å². The molecule has 0 aliphatic heterocycles. The summed E-state index contributed by atoms with van der Waals surface area (Å²) < 4.78 is 45.1. The number of carbonyl (C=O) groups is 2. The molecule has 0 saturated carbocycles. The number of carbonyl (C=O) groups excluding carboxylic acids is 2. The largest absolute Gasteiger partial charge is 0.425 e. The number of hydrogen-bond acceptors (Lipinski definition) is 4. The van der Waals surface area contributed by atoms with Crippen molar-refractivity contribution in [2.45, 2.75) is 24.2 Å². The number of thioether (sulfide) groups is 1. The van der Waals surface area contributed by atoms with E-state index in [4.69, 9.17) is 4.74 Å². The highest BCUT2D eigenvalue weighted by Crippen LogP contribution is 2.39. The summed E-state index contributed by atoms with van der Waals surface area (Å²) in [6.07, 6.45) is 0.171.